The van der Waals surface area contributed by atoms with Crippen LogP contribution in [0.15, 0.2) is 27.5 Å². The predicted octanol–water partition coefficient (Wildman–Crippen LogP) is 1.40. The molecule has 2 aliphatic heterocycles. The minimum absolute atomic E-state index is 0.00327. The van der Waals surface area contributed by atoms with E-state index in [1.807, 2.05) is 0 Å². The summed E-state index contributed by atoms with van der Waals surface area (Å²) in [6.07, 6.45) is 2.00. The first-order chi connectivity index (χ1) is 17.6. The number of phosphoric acid groups is 1. The number of aromatic nitrogens is 3. The van der Waals surface area contributed by atoms with Crippen LogP contribution in [0.4, 0.5) is 4.39 Å². The van der Waals surface area contributed by atoms with Crippen molar-refractivity contribution >= 4 is 18.8 Å². The number of aryl methyl sites for hydroxylation is 1. The molecule has 5 rings (SSSR count). The van der Waals surface area contributed by atoms with Crippen molar-refractivity contribution in [3.8, 4) is 0 Å². The first kappa shape index (κ1) is 26.1. The summed E-state index contributed by atoms with van der Waals surface area (Å²) in [6, 6.07) is 4.28. The van der Waals surface area contributed by atoms with Gasteiger partial charge in [0, 0.05) is 54.4 Å². The third kappa shape index (κ3) is 5.41. The fourth-order valence-corrected chi connectivity index (χ4v) is 6.01. The van der Waals surface area contributed by atoms with Crippen molar-refractivity contribution in [3.63, 3.8) is 0 Å². The summed E-state index contributed by atoms with van der Waals surface area (Å²) in [5.74, 6) is -0.0313. The van der Waals surface area contributed by atoms with Gasteiger partial charge in [-0.3, -0.25) is 9.36 Å². The van der Waals surface area contributed by atoms with Crippen molar-refractivity contribution in [3.05, 3.63) is 57.1 Å². The highest BCUT2D eigenvalue weighted by molar-refractivity contribution is 7.43. The number of hydrogen-bond acceptors (Lipinski definition) is 9. The van der Waals surface area contributed by atoms with Gasteiger partial charge >= 0.3 is 0 Å². The van der Waals surface area contributed by atoms with Crippen LogP contribution in [0.5, 0.6) is 0 Å². The summed E-state index contributed by atoms with van der Waals surface area (Å²) in [5, 5.41) is 15.1. The molecule has 1 unspecified atom stereocenters. The lowest BCUT2D eigenvalue weighted by Crippen LogP contribution is -2.55. The van der Waals surface area contributed by atoms with Crippen LogP contribution in [0.3, 0.4) is 0 Å². The molecule has 1 aromatic carbocycles. The van der Waals surface area contributed by atoms with Crippen LogP contribution in [0, 0.1) is 12.7 Å². The third-order valence-corrected chi connectivity index (χ3v) is 8.17. The fourth-order valence-electron chi connectivity index (χ4n) is 5.63. The summed E-state index contributed by atoms with van der Waals surface area (Å²) in [7, 11) is -5.20. The first-order valence-electron chi connectivity index (χ1n) is 12.4. The van der Waals surface area contributed by atoms with Gasteiger partial charge in [-0.15, -0.1) is 0 Å². The van der Waals surface area contributed by atoms with E-state index in [4.69, 9.17) is 9.05 Å². The number of aliphatic hydroxyl groups is 1. The fraction of sp³-hybridized carbons (Fsp3) is 0.542. The minimum Gasteiger partial charge on any atom is -0.790 e. The van der Waals surface area contributed by atoms with Crippen LogP contribution in [-0.4, -0.2) is 50.7 Å². The average Bonchev–Trinajstić information content (AvgIpc) is 3.26. The molecule has 200 valence electrons. The van der Waals surface area contributed by atoms with Gasteiger partial charge in [-0.25, -0.2) is 9.37 Å². The summed E-state index contributed by atoms with van der Waals surface area (Å²) in [4.78, 5) is 40.3. The van der Waals surface area contributed by atoms with Crippen LogP contribution in [-0.2, 0) is 22.1 Å². The zero-order valence-electron chi connectivity index (χ0n) is 20.5. The highest BCUT2D eigenvalue weighted by atomic mass is 31.2. The van der Waals surface area contributed by atoms with Crippen molar-refractivity contribution in [2.24, 2.45) is 0 Å². The van der Waals surface area contributed by atoms with Crippen molar-refractivity contribution in [1.82, 2.24) is 14.7 Å². The second kappa shape index (κ2) is 10.0. The van der Waals surface area contributed by atoms with Gasteiger partial charge in [0.1, 0.15) is 17.7 Å². The van der Waals surface area contributed by atoms with Crippen molar-refractivity contribution in [2.75, 3.05) is 26.4 Å². The van der Waals surface area contributed by atoms with Crippen LogP contribution in [0.2, 0.25) is 0 Å². The van der Waals surface area contributed by atoms with Gasteiger partial charge in [0.2, 0.25) is 0 Å². The molecule has 0 amide bonds. The molecule has 1 atom stereocenters. The molecule has 1 N–H and O–H groups in total. The van der Waals surface area contributed by atoms with Crippen molar-refractivity contribution < 1.29 is 37.4 Å². The lowest BCUT2D eigenvalue weighted by Gasteiger charge is -2.45. The molecule has 2 aromatic heterocycles. The third-order valence-electron chi connectivity index (χ3n) is 7.73. The number of hydrogen-bond donors (Lipinski definition) is 1. The van der Waals surface area contributed by atoms with E-state index in [1.54, 1.807) is 13.0 Å². The standard InChI is InChI=1S/C24H30FN4O7P/c1-15-18(24(31)28-9-2-3-20(30)23(28)26-15)8-12-29(14-35-37(32,33)34)10-6-16(7-11-29)22-19-5-4-17(25)13-21(19)36-27-22/h4-5,13,16,20,30H,2-3,6-12,14H2,1H3,(H-,32,33,34)/p-1. The van der Waals surface area contributed by atoms with E-state index in [0.717, 1.165) is 11.1 Å². The number of halogens is 1. The summed E-state index contributed by atoms with van der Waals surface area (Å²) >= 11 is 0. The molecule has 11 nitrogen and oxygen atoms in total. The number of benzene rings is 1. The van der Waals surface area contributed by atoms with E-state index < -0.39 is 19.7 Å². The minimum atomic E-state index is -5.20. The van der Waals surface area contributed by atoms with Gasteiger partial charge in [-0.1, -0.05) is 5.16 Å². The Bertz CT molecular complexity index is 1410. The van der Waals surface area contributed by atoms with Gasteiger partial charge in [0.05, 0.1) is 33.2 Å². The Morgan fingerprint density at radius 1 is 1.30 bits per heavy atom. The van der Waals surface area contributed by atoms with Crippen molar-refractivity contribution in [1.29, 1.82) is 0 Å². The normalized spacial score (nSPS) is 24.4. The lowest BCUT2D eigenvalue weighted by molar-refractivity contribution is -0.947. The Balaban J connectivity index is 1.36. The molecule has 37 heavy (non-hydrogen) atoms. The average molecular weight is 535 g/mol. The molecular weight excluding hydrogens is 506 g/mol. The van der Waals surface area contributed by atoms with E-state index in [2.05, 4.69) is 10.1 Å². The maximum absolute atomic E-state index is 13.5. The van der Waals surface area contributed by atoms with Gasteiger partial charge in [-0.05, 0) is 31.9 Å². The highest BCUT2D eigenvalue weighted by Crippen LogP contribution is 2.37. The van der Waals surface area contributed by atoms with E-state index in [9.17, 15) is 28.6 Å². The maximum atomic E-state index is 13.5. The molecule has 0 spiro atoms. The second-order valence-corrected chi connectivity index (χ2v) is 11.3. The smallest absolute Gasteiger partial charge is 0.257 e. The molecule has 0 bridgehead atoms. The molecule has 1 saturated heterocycles. The molecular formula is C24H29FN4O7P-. The SMILES string of the molecule is Cc1nc2n(c(=O)c1CC[N+]1(COP(=O)([O-])[O-])CCC(c3noc4cc(F)ccc34)CC1)CCCC2O. The Morgan fingerprint density at radius 2 is 2.05 bits per heavy atom. The number of aliphatic hydroxyl groups excluding tert-OH is 1. The topological polar surface area (TPSA) is 154 Å². The summed E-state index contributed by atoms with van der Waals surface area (Å²) in [6.45, 7) is 3.24. The molecule has 0 radical (unpaired) electrons. The molecule has 4 heterocycles. The van der Waals surface area contributed by atoms with E-state index in [-0.39, 0.29) is 22.7 Å². The van der Waals surface area contributed by atoms with Crippen molar-refractivity contribution in [2.45, 2.75) is 57.6 Å². The molecule has 2 aliphatic rings. The Morgan fingerprint density at radius 3 is 2.78 bits per heavy atom. The number of fused-ring (bicyclic) bond motifs is 2. The van der Waals surface area contributed by atoms with Gasteiger partial charge in [0.15, 0.2) is 12.3 Å². The van der Waals surface area contributed by atoms with E-state index in [1.165, 1.54) is 16.7 Å². The monoisotopic (exact) mass is 535 g/mol. The number of piperidine rings is 1. The van der Waals surface area contributed by atoms with Crippen LogP contribution >= 0.6 is 7.82 Å². The Hall–Kier alpha value is -2.47. The van der Waals surface area contributed by atoms with Gasteiger partial charge < -0.3 is 33.0 Å². The summed E-state index contributed by atoms with van der Waals surface area (Å²) < 4.78 is 36.6. The quantitative estimate of drug-likeness (QED) is 0.349. The molecule has 0 aliphatic carbocycles. The Labute approximate surface area is 212 Å². The molecule has 1 fully saturated rings. The number of nitrogens with zero attached hydrogens (tertiary/aromatic N) is 4. The number of phosphoric ester groups is 1. The van der Waals surface area contributed by atoms with E-state index in [0.29, 0.717) is 80.9 Å². The van der Waals surface area contributed by atoms with Gasteiger partial charge in [0.25, 0.3) is 5.56 Å². The second-order valence-electron chi connectivity index (χ2n) is 10.1. The van der Waals surface area contributed by atoms with Crippen LogP contribution in [0.1, 0.15) is 60.5 Å². The molecule has 3 aromatic rings. The van der Waals surface area contributed by atoms with E-state index >= 15 is 0 Å². The lowest BCUT2D eigenvalue weighted by atomic mass is 9.90. The highest BCUT2D eigenvalue weighted by Gasteiger charge is 2.37. The zero-order chi connectivity index (χ0) is 26.4. The largest absolute Gasteiger partial charge is 0.790 e. The van der Waals surface area contributed by atoms with Gasteiger partial charge in [-0.2, -0.15) is 0 Å². The van der Waals surface area contributed by atoms with Crippen LogP contribution in [0.25, 0.3) is 11.0 Å². The number of likely N-dealkylation sites (tertiary alicyclic amines) is 1. The Kier molecular flexibility index (Phi) is 7.08. The number of rotatable bonds is 7. The maximum Gasteiger partial charge on any atom is 0.257 e. The van der Waals surface area contributed by atoms with Crippen LogP contribution < -0.4 is 15.3 Å². The first-order valence-corrected chi connectivity index (χ1v) is 13.9. The molecule has 0 saturated carbocycles. The zero-order valence-corrected chi connectivity index (χ0v) is 21.4. The number of quaternary nitrogens is 1. The molecule has 13 heteroatoms. The predicted molar refractivity (Wildman–Crippen MR) is 125 cm³/mol. The summed E-state index contributed by atoms with van der Waals surface area (Å²) in [5.41, 5.74) is 1.93.